The monoisotopic (exact) mass is 652 g/mol. The van der Waals surface area contributed by atoms with E-state index in [1.165, 1.54) is 0 Å². The number of hydrogen-bond donors (Lipinski definition) is 0. The fourth-order valence-electron chi connectivity index (χ4n) is 6.66. The molecule has 0 aliphatic heterocycles. The normalized spacial score (nSPS) is 16.1. The Kier molecular flexibility index (Phi) is 3.83. The molecular formula is C48H32N2. The fraction of sp³-hybridized carbons (Fsp3) is 0. The smallest absolute Gasteiger partial charge is 0.0645 e. The van der Waals surface area contributed by atoms with Crippen LogP contribution in [-0.4, -0.2) is 9.13 Å². The molecule has 0 spiro atoms. The zero-order valence-corrected chi connectivity index (χ0v) is 26.1. The highest BCUT2D eigenvalue weighted by molar-refractivity contribution is 6.12. The summed E-state index contributed by atoms with van der Waals surface area (Å²) in [5.41, 5.74) is 2.49. The largest absolute Gasteiger partial charge is 0.309 e. The Labute approximate surface area is 313 Å². The maximum Gasteiger partial charge on any atom is 0.0645 e. The van der Waals surface area contributed by atoms with Crippen LogP contribution in [0.15, 0.2) is 194 Å². The lowest BCUT2D eigenvalue weighted by Gasteiger charge is -2.11. The first-order valence-corrected chi connectivity index (χ1v) is 15.9. The van der Waals surface area contributed by atoms with Crippen molar-refractivity contribution in [2.24, 2.45) is 0 Å². The first-order chi connectivity index (χ1) is 31.5. The Balaban J connectivity index is 1.26. The summed E-state index contributed by atoms with van der Waals surface area (Å²) < 4.78 is 146. The molecule has 2 nitrogen and oxygen atoms in total. The van der Waals surface area contributed by atoms with Crippen LogP contribution < -0.4 is 0 Å². The van der Waals surface area contributed by atoms with Crippen molar-refractivity contribution in [2.75, 3.05) is 0 Å². The standard InChI is InChI=1S/C48H32N2/c1-3-12-33(13-4-1)35-22-26-39(27-23-35)49-45-20-9-7-18-41(45)43-31-37(24-28-47(43)49)38-25-29-48-44(32-38)42-19-8-10-21-46(42)50(48)40-17-11-16-36(30-40)34-14-5-2-6-15-34/h1-32H/i1D,3D,4D,7D,9D,12D,13D,18D,20D,22D,23D,24D,26D,27D,28D,31D. The third-order valence-corrected chi connectivity index (χ3v) is 8.92. The van der Waals surface area contributed by atoms with Gasteiger partial charge in [-0.15, -0.1) is 0 Å². The molecule has 2 heterocycles. The van der Waals surface area contributed by atoms with Crippen LogP contribution in [0.1, 0.15) is 21.9 Å². The number of fused-ring (bicyclic) bond motifs is 6. The number of nitrogens with zero attached hydrogens (tertiary/aromatic N) is 2. The topological polar surface area (TPSA) is 9.86 Å². The predicted octanol–water partition coefficient (Wildman–Crippen LogP) is 12.9. The van der Waals surface area contributed by atoms with Gasteiger partial charge < -0.3 is 9.13 Å². The highest BCUT2D eigenvalue weighted by Crippen LogP contribution is 2.39. The van der Waals surface area contributed by atoms with Crippen molar-refractivity contribution in [1.82, 2.24) is 9.13 Å². The van der Waals surface area contributed by atoms with E-state index in [4.69, 9.17) is 15.1 Å². The third-order valence-electron chi connectivity index (χ3n) is 8.92. The van der Waals surface area contributed by atoms with Crippen LogP contribution in [0, 0.1) is 0 Å². The van der Waals surface area contributed by atoms with Crippen LogP contribution in [0.2, 0.25) is 0 Å². The van der Waals surface area contributed by atoms with Gasteiger partial charge in [0.2, 0.25) is 0 Å². The molecule has 0 N–H and O–H groups in total. The second-order valence-corrected chi connectivity index (χ2v) is 11.8. The van der Waals surface area contributed by atoms with E-state index in [1.807, 2.05) is 84.9 Å². The molecular weight excluding hydrogens is 605 g/mol. The van der Waals surface area contributed by atoms with Gasteiger partial charge >= 0.3 is 0 Å². The zero-order chi connectivity index (χ0) is 46.9. The number of aromatic nitrogens is 2. The van der Waals surface area contributed by atoms with Crippen LogP contribution in [-0.2, 0) is 0 Å². The molecule has 10 rings (SSSR count). The van der Waals surface area contributed by atoms with Gasteiger partial charge in [0.05, 0.1) is 44.0 Å². The van der Waals surface area contributed by atoms with Crippen LogP contribution >= 0.6 is 0 Å². The molecule has 0 unspecified atom stereocenters. The van der Waals surface area contributed by atoms with Gasteiger partial charge in [-0.2, -0.15) is 0 Å². The van der Waals surface area contributed by atoms with Gasteiger partial charge in [0, 0.05) is 32.9 Å². The summed E-state index contributed by atoms with van der Waals surface area (Å²) in [7, 11) is 0. The van der Waals surface area contributed by atoms with Crippen molar-refractivity contribution in [3.8, 4) is 44.8 Å². The Morgan fingerprint density at radius 2 is 0.980 bits per heavy atom. The van der Waals surface area contributed by atoms with Crippen molar-refractivity contribution >= 4 is 43.6 Å². The zero-order valence-electron chi connectivity index (χ0n) is 42.1. The molecule has 0 amide bonds. The van der Waals surface area contributed by atoms with Crippen LogP contribution in [0.25, 0.3) is 88.4 Å². The molecule has 8 aromatic carbocycles. The second kappa shape index (κ2) is 11.5. The van der Waals surface area contributed by atoms with Crippen molar-refractivity contribution in [3.63, 3.8) is 0 Å². The van der Waals surface area contributed by atoms with Crippen molar-refractivity contribution in [1.29, 1.82) is 0 Å². The molecule has 0 aliphatic carbocycles. The van der Waals surface area contributed by atoms with Crippen LogP contribution in [0.5, 0.6) is 0 Å². The van der Waals surface area contributed by atoms with E-state index in [9.17, 15) is 6.85 Å². The van der Waals surface area contributed by atoms with Gasteiger partial charge in [0.15, 0.2) is 0 Å². The van der Waals surface area contributed by atoms with Gasteiger partial charge in [-0.1, -0.05) is 133 Å². The highest BCUT2D eigenvalue weighted by atomic mass is 15.0. The number of rotatable bonds is 5. The SMILES string of the molecule is [2H]c1c([2H])c([2H])c(-c2c([2H])c([2H])c(-n3c4c([2H])c([2H])c([2H])c([2H])c4c4c([2H])c(-c5ccc6c(c5)c5ccccc5n6-c5cccc(-c6ccccc6)c5)c([2H])c([2H])c43)c([2H])c2[2H])c([2H])c1[2H]. The third kappa shape index (κ3) is 4.57. The van der Waals surface area contributed by atoms with E-state index in [0.29, 0.717) is 5.56 Å². The molecule has 0 fully saturated rings. The maximum atomic E-state index is 9.79. The van der Waals surface area contributed by atoms with E-state index in [2.05, 4.69) is 10.6 Å². The summed E-state index contributed by atoms with van der Waals surface area (Å²) in [6, 6.07) is 20.1. The van der Waals surface area contributed by atoms with Crippen molar-refractivity contribution < 1.29 is 21.9 Å². The van der Waals surface area contributed by atoms with Crippen LogP contribution in [0.3, 0.4) is 0 Å². The molecule has 10 aromatic rings. The van der Waals surface area contributed by atoms with Crippen molar-refractivity contribution in [3.05, 3.63) is 194 Å². The minimum absolute atomic E-state index is 0.0279. The molecule has 0 saturated carbocycles. The Hall–Kier alpha value is -6.64. The number of hydrogen-bond acceptors (Lipinski definition) is 0. The Morgan fingerprint density at radius 3 is 1.86 bits per heavy atom. The summed E-state index contributed by atoms with van der Waals surface area (Å²) in [6.07, 6.45) is 0. The average molecular weight is 653 g/mol. The number of benzene rings is 8. The van der Waals surface area contributed by atoms with Gasteiger partial charge in [-0.25, -0.2) is 0 Å². The Morgan fingerprint density at radius 1 is 0.320 bits per heavy atom. The molecule has 234 valence electrons. The molecule has 0 atom stereocenters. The molecule has 2 heteroatoms. The van der Waals surface area contributed by atoms with E-state index < -0.39 is 107 Å². The summed E-state index contributed by atoms with van der Waals surface area (Å²) >= 11 is 0. The lowest BCUT2D eigenvalue weighted by molar-refractivity contribution is 1.18. The fourth-order valence-corrected chi connectivity index (χ4v) is 6.66. The van der Waals surface area contributed by atoms with E-state index in [1.54, 1.807) is 6.07 Å². The molecule has 50 heavy (non-hydrogen) atoms. The van der Waals surface area contributed by atoms with Crippen molar-refractivity contribution in [2.45, 2.75) is 0 Å². The van der Waals surface area contributed by atoms with Gasteiger partial charge in [-0.05, 0) is 93.9 Å². The van der Waals surface area contributed by atoms with E-state index in [0.717, 1.165) is 43.2 Å². The van der Waals surface area contributed by atoms with Gasteiger partial charge in [0.1, 0.15) is 0 Å². The molecule has 2 aromatic heterocycles. The summed E-state index contributed by atoms with van der Waals surface area (Å²) in [6.45, 7) is 0. The lowest BCUT2D eigenvalue weighted by Crippen LogP contribution is -1.94. The quantitative estimate of drug-likeness (QED) is 0.175. The molecule has 0 saturated heterocycles. The highest BCUT2D eigenvalue weighted by Gasteiger charge is 2.16. The maximum absolute atomic E-state index is 9.79. The minimum Gasteiger partial charge on any atom is -0.309 e. The first kappa shape index (κ1) is 16.6. The van der Waals surface area contributed by atoms with Gasteiger partial charge in [0.25, 0.3) is 0 Å². The van der Waals surface area contributed by atoms with E-state index >= 15 is 0 Å². The summed E-state index contributed by atoms with van der Waals surface area (Å²) in [5.74, 6) is 0. The Bertz CT molecular complexity index is 3720. The van der Waals surface area contributed by atoms with Crippen LogP contribution in [0.4, 0.5) is 0 Å². The number of para-hydroxylation sites is 2. The minimum atomic E-state index is -0.833. The average Bonchev–Trinajstić information content (AvgIpc) is 3.85. The van der Waals surface area contributed by atoms with Gasteiger partial charge in [-0.3, -0.25) is 0 Å². The second-order valence-electron chi connectivity index (χ2n) is 11.8. The lowest BCUT2D eigenvalue weighted by atomic mass is 10.0. The summed E-state index contributed by atoms with van der Waals surface area (Å²) in [4.78, 5) is 0. The molecule has 0 aliphatic rings. The van der Waals surface area contributed by atoms with E-state index in [-0.39, 0.29) is 33.4 Å². The molecule has 0 radical (unpaired) electrons. The predicted molar refractivity (Wildman–Crippen MR) is 211 cm³/mol. The summed E-state index contributed by atoms with van der Waals surface area (Å²) in [5, 5.41) is 1.19. The first-order valence-electron chi connectivity index (χ1n) is 23.9. The molecule has 0 bridgehead atoms.